The summed E-state index contributed by atoms with van der Waals surface area (Å²) >= 11 is 0. The van der Waals surface area contributed by atoms with Gasteiger partial charge in [-0.05, 0) is 36.3 Å². The van der Waals surface area contributed by atoms with E-state index >= 15 is 0 Å². The van der Waals surface area contributed by atoms with E-state index in [0.29, 0.717) is 0 Å². The van der Waals surface area contributed by atoms with Gasteiger partial charge < -0.3 is 18.8 Å². The van der Waals surface area contributed by atoms with Gasteiger partial charge in [0.1, 0.15) is 17.9 Å². The largest absolute Gasteiger partial charge is 0.414 e. The number of aromatic nitrogens is 2. The van der Waals surface area contributed by atoms with E-state index in [1.165, 1.54) is 16.8 Å². The molecule has 0 bridgehead atoms. The fraction of sp³-hybridized carbons (Fsp3) is 0.762. The summed E-state index contributed by atoms with van der Waals surface area (Å²) in [6, 6.07) is 1.25. The Morgan fingerprint density at radius 1 is 1.09 bits per heavy atom. The highest BCUT2D eigenvalue weighted by atomic mass is 28.4. The minimum atomic E-state index is -2.34. The first-order chi connectivity index (χ1) is 14.4. The third kappa shape index (κ3) is 5.50. The van der Waals surface area contributed by atoms with E-state index in [0.717, 1.165) is 0 Å². The van der Waals surface area contributed by atoms with Crippen molar-refractivity contribution in [3.8, 4) is 0 Å². The minimum absolute atomic E-state index is 0.00553. The lowest BCUT2D eigenvalue weighted by Gasteiger charge is -2.39. The fourth-order valence-electron chi connectivity index (χ4n) is 2.84. The monoisotopic (exact) mass is 485 g/mol. The summed E-state index contributed by atoms with van der Waals surface area (Å²) in [7, 11) is -4.44. The number of rotatable bonds is 6. The van der Waals surface area contributed by atoms with Crippen LogP contribution in [0.4, 0.5) is 0 Å². The van der Waals surface area contributed by atoms with Crippen LogP contribution in [0.1, 0.15) is 47.8 Å². The van der Waals surface area contributed by atoms with Gasteiger partial charge >= 0.3 is 5.69 Å². The molecule has 1 aromatic rings. The Bertz CT molecular complexity index is 956. The minimum Gasteiger partial charge on any atom is -0.414 e. The molecule has 2 N–H and O–H groups in total. The molecule has 0 spiro atoms. The summed E-state index contributed by atoms with van der Waals surface area (Å²) < 4.78 is 20.4. The van der Waals surface area contributed by atoms with Crippen LogP contribution in [0.2, 0.25) is 36.3 Å². The zero-order valence-electron chi connectivity index (χ0n) is 21.0. The van der Waals surface area contributed by atoms with Crippen LogP contribution < -0.4 is 11.2 Å². The Kier molecular flexibility index (Phi) is 7.52. The Balaban J connectivity index is 2.46. The van der Waals surface area contributed by atoms with Crippen molar-refractivity contribution in [2.24, 2.45) is 5.16 Å². The van der Waals surface area contributed by atoms with Crippen molar-refractivity contribution < 1.29 is 18.8 Å². The smallest absolute Gasteiger partial charge is 0.330 e. The third-order valence-corrected chi connectivity index (χ3v) is 16.0. The van der Waals surface area contributed by atoms with Crippen molar-refractivity contribution >= 4 is 22.3 Å². The van der Waals surface area contributed by atoms with Crippen molar-refractivity contribution in [3.05, 3.63) is 33.1 Å². The van der Waals surface area contributed by atoms with E-state index < -0.39 is 46.3 Å². The highest BCUT2D eigenvalue weighted by Gasteiger charge is 2.50. The van der Waals surface area contributed by atoms with Gasteiger partial charge in [-0.3, -0.25) is 14.3 Å². The lowest BCUT2D eigenvalue weighted by molar-refractivity contribution is -0.0481. The summed E-state index contributed by atoms with van der Waals surface area (Å²) in [4.78, 5) is 26.4. The molecule has 0 saturated carbocycles. The van der Waals surface area contributed by atoms with E-state index in [-0.39, 0.29) is 22.4 Å². The molecule has 2 rings (SSSR count). The zero-order valence-corrected chi connectivity index (χ0v) is 23.0. The van der Waals surface area contributed by atoms with Crippen molar-refractivity contribution in [2.75, 3.05) is 6.61 Å². The van der Waals surface area contributed by atoms with E-state index in [9.17, 15) is 14.8 Å². The zero-order chi connectivity index (χ0) is 24.7. The molecule has 0 aromatic carbocycles. The van der Waals surface area contributed by atoms with Crippen LogP contribution in [-0.2, 0) is 13.6 Å². The van der Waals surface area contributed by atoms with Gasteiger partial charge in [0.2, 0.25) is 0 Å². The first kappa shape index (κ1) is 26.7. The number of ether oxygens (including phenoxy) is 1. The summed E-state index contributed by atoms with van der Waals surface area (Å²) in [5.41, 5.74) is -0.828. The predicted octanol–water partition coefficient (Wildman–Crippen LogP) is 3.68. The van der Waals surface area contributed by atoms with Gasteiger partial charge in [0, 0.05) is 12.3 Å². The average Bonchev–Trinajstić information content (AvgIpc) is 2.94. The molecule has 0 amide bonds. The van der Waals surface area contributed by atoms with Gasteiger partial charge in [0.25, 0.3) is 5.56 Å². The van der Waals surface area contributed by atoms with Crippen molar-refractivity contribution in [2.45, 2.75) is 96.2 Å². The summed E-state index contributed by atoms with van der Waals surface area (Å²) in [6.45, 7) is 21.3. The number of nitrogens with zero attached hydrogens (tertiary/aromatic N) is 2. The molecule has 11 heteroatoms. The molecule has 1 fully saturated rings. The normalized spacial score (nSPS) is 24.3. The highest BCUT2D eigenvalue weighted by Crippen LogP contribution is 2.41. The summed E-state index contributed by atoms with van der Waals surface area (Å²) in [6.07, 6.45) is -1.00. The van der Waals surface area contributed by atoms with Crippen LogP contribution >= 0.6 is 0 Å². The van der Waals surface area contributed by atoms with Crippen LogP contribution in [0, 0.1) is 0 Å². The van der Waals surface area contributed by atoms with Crippen LogP contribution in [0.15, 0.2) is 27.0 Å². The Morgan fingerprint density at radius 2 is 1.66 bits per heavy atom. The molecule has 3 atom stereocenters. The standard InChI is InChI=1S/C21H39N3O6Si2/c1-20(2,3)31(7,8)28-13-14-16(23-27)17(30-32(9,10)21(4,5)6)18(29-14)24-12-11-15(25)22-19(24)26/h11-12,14,17-18,27H,13H2,1-10H3,(H,22,25,26)/b23-16+/t14-,17-,18-/m1/s1. The first-order valence-corrected chi connectivity index (χ1v) is 16.7. The number of H-pyrrole nitrogens is 1. The van der Waals surface area contributed by atoms with Crippen LogP contribution in [0.25, 0.3) is 0 Å². The third-order valence-electron chi connectivity index (χ3n) is 7.05. The molecule has 1 aliphatic rings. The van der Waals surface area contributed by atoms with E-state index in [1.807, 2.05) is 0 Å². The number of nitrogens with one attached hydrogen (secondary N) is 1. The molecule has 9 nitrogen and oxygen atoms in total. The van der Waals surface area contributed by atoms with E-state index in [4.69, 9.17) is 13.6 Å². The van der Waals surface area contributed by atoms with Gasteiger partial charge in [-0.1, -0.05) is 46.7 Å². The topological polar surface area (TPSA) is 115 Å². The van der Waals surface area contributed by atoms with Gasteiger partial charge in [-0.25, -0.2) is 4.79 Å². The second kappa shape index (κ2) is 9.01. The summed E-state index contributed by atoms with van der Waals surface area (Å²) in [5.74, 6) is 0. The highest BCUT2D eigenvalue weighted by molar-refractivity contribution is 6.74. The Hall–Kier alpha value is -1.54. The Morgan fingerprint density at radius 3 is 2.12 bits per heavy atom. The van der Waals surface area contributed by atoms with Gasteiger partial charge in [0.15, 0.2) is 22.9 Å². The molecular weight excluding hydrogens is 446 g/mol. The molecule has 0 radical (unpaired) electrons. The van der Waals surface area contributed by atoms with Crippen LogP contribution in [0.5, 0.6) is 0 Å². The number of hydrogen-bond donors (Lipinski definition) is 2. The van der Waals surface area contributed by atoms with E-state index in [1.54, 1.807) is 0 Å². The van der Waals surface area contributed by atoms with Gasteiger partial charge in [0.05, 0.1) is 6.61 Å². The lowest BCUT2D eigenvalue weighted by Crippen LogP contribution is -2.49. The SMILES string of the molecule is CC(C)(C)[Si](C)(C)OC[C@H]1O[C@@H](n2ccc(=O)[nH]c2=O)[C@H](O[Si](C)(C)C(C)(C)C)/C1=N/O. The maximum atomic E-state index is 12.5. The Labute approximate surface area is 192 Å². The average molecular weight is 486 g/mol. The first-order valence-electron chi connectivity index (χ1n) is 10.9. The molecular formula is C21H39N3O6Si2. The van der Waals surface area contributed by atoms with Crippen molar-refractivity contribution in [1.82, 2.24) is 9.55 Å². The molecule has 182 valence electrons. The number of oxime groups is 1. The second-order valence-electron chi connectivity index (χ2n) is 11.4. The van der Waals surface area contributed by atoms with Gasteiger partial charge in [-0.15, -0.1) is 0 Å². The summed E-state index contributed by atoms with van der Waals surface area (Å²) in [5, 5.41) is 13.3. The maximum Gasteiger partial charge on any atom is 0.330 e. The van der Waals surface area contributed by atoms with Crippen LogP contribution in [0.3, 0.4) is 0 Å². The van der Waals surface area contributed by atoms with Crippen LogP contribution in [-0.4, -0.2) is 55.9 Å². The fourth-order valence-corrected chi connectivity index (χ4v) is 5.06. The molecule has 1 saturated heterocycles. The number of hydrogen-bond acceptors (Lipinski definition) is 7. The van der Waals surface area contributed by atoms with Crippen molar-refractivity contribution in [1.29, 1.82) is 0 Å². The molecule has 1 aliphatic heterocycles. The maximum absolute atomic E-state index is 12.5. The molecule has 0 unspecified atom stereocenters. The number of aromatic amines is 1. The quantitative estimate of drug-likeness (QED) is 0.361. The lowest BCUT2D eigenvalue weighted by atomic mass is 10.1. The van der Waals surface area contributed by atoms with E-state index in [2.05, 4.69) is 77.9 Å². The molecule has 32 heavy (non-hydrogen) atoms. The molecule has 2 heterocycles. The van der Waals surface area contributed by atoms with Crippen molar-refractivity contribution in [3.63, 3.8) is 0 Å². The molecule has 0 aliphatic carbocycles. The van der Waals surface area contributed by atoms with Gasteiger partial charge in [-0.2, -0.15) is 0 Å². The predicted molar refractivity (Wildman–Crippen MR) is 130 cm³/mol. The molecule has 1 aromatic heterocycles. The second-order valence-corrected chi connectivity index (χ2v) is 21.0.